The topological polar surface area (TPSA) is 19.7 Å². The lowest BCUT2D eigenvalue weighted by molar-refractivity contribution is 1.18. The first-order valence-corrected chi connectivity index (χ1v) is 40.8. The predicted octanol–water partition coefficient (Wildman–Crippen LogP) is 31.0. The zero-order valence-electron chi connectivity index (χ0n) is 64.4. The van der Waals surface area contributed by atoms with E-state index in [-0.39, 0.29) is 0 Å². The van der Waals surface area contributed by atoms with Crippen molar-refractivity contribution in [2.24, 2.45) is 0 Å². The van der Waals surface area contributed by atoms with Gasteiger partial charge in [-0.2, -0.15) is 0 Å². The van der Waals surface area contributed by atoms with Crippen molar-refractivity contribution in [3.8, 4) is 78.4 Å². The first-order chi connectivity index (χ1) is 58.5. The van der Waals surface area contributed by atoms with Gasteiger partial charge >= 0.3 is 0 Å². The fourth-order valence-electron chi connectivity index (χ4n) is 19.6. The number of hydrogen-bond acceptors (Lipinski definition) is 0. The van der Waals surface area contributed by atoms with Gasteiger partial charge in [-0.05, 0) is 248 Å². The first kappa shape index (κ1) is 66.9. The van der Waals surface area contributed by atoms with Crippen molar-refractivity contribution < 1.29 is 0 Å². The summed E-state index contributed by atoms with van der Waals surface area (Å²) < 4.78 is 9.74. The average molecular weight is 1500 g/mol. The Labute approximate surface area is 680 Å². The van der Waals surface area contributed by atoms with Crippen molar-refractivity contribution in [2.75, 3.05) is 0 Å². The quantitative estimate of drug-likeness (QED) is 0.128. The van der Waals surface area contributed by atoms with E-state index in [0.29, 0.717) is 0 Å². The molecule has 0 saturated carbocycles. The summed E-state index contributed by atoms with van der Waals surface area (Å²) in [5.74, 6) is 0. The zero-order chi connectivity index (χ0) is 77.5. The van der Waals surface area contributed by atoms with Gasteiger partial charge in [0.05, 0.1) is 44.1 Å². The summed E-state index contributed by atoms with van der Waals surface area (Å²) in [5.41, 5.74) is 26.3. The van der Waals surface area contributed by atoms with Crippen LogP contribution in [-0.4, -0.2) is 18.3 Å². The number of nitrogens with zero attached hydrogens (tertiary/aromatic N) is 4. The van der Waals surface area contributed by atoms with Gasteiger partial charge in [0.1, 0.15) is 0 Å². The standard InChI is InChI=1S/C60H38N2.C54H34N2/c1-3-15-39(16-4-1)43-33-44(40-17-5-2-6-18-40)35-46(34-43)62-58-26-14-12-24-53(58)56-37-42(28-32-60(56)62)41-27-31-59-55(36-41)52-23-11-13-25-57(52)61(59)45-29-30-51-49-21-8-7-19-47(49)48-20-9-10-22-50(48)54(51)38-45;1-2-13-35(14-3-1)36-15-12-16-39(31-36)55-51-23-10-8-21-46(51)49-32-37(25-29-53(49)55)38-26-30-54-50(33-38)47-22-9-11-24-52(47)56(54)40-27-28-45-43-19-5-4-17-41(43)42-18-6-7-20-44(42)48(45)34-40/h1-38H;1-34H. The van der Waals surface area contributed by atoms with Crippen LogP contribution >= 0.6 is 0 Å². The molecule has 0 unspecified atom stereocenters. The summed E-state index contributed by atoms with van der Waals surface area (Å²) in [6, 6.07) is 161. The average Bonchev–Trinajstić information content (AvgIpc) is 1.70. The Balaban J connectivity index is 0.000000135. The third-order valence-electron chi connectivity index (χ3n) is 24.9. The second kappa shape index (κ2) is 27.0. The van der Waals surface area contributed by atoms with Crippen LogP contribution in [0.25, 0.3) is 230 Å². The van der Waals surface area contributed by atoms with Gasteiger partial charge in [-0.25, -0.2) is 0 Å². The van der Waals surface area contributed by atoms with E-state index in [0.717, 1.165) is 17.1 Å². The Morgan fingerprint density at radius 3 is 0.636 bits per heavy atom. The smallest absolute Gasteiger partial charge is 0.0541 e. The third kappa shape index (κ3) is 10.7. The van der Waals surface area contributed by atoms with Gasteiger partial charge in [0.2, 0.25) is 0 Å². The lowest BCUT2D eigenvalue weighted by atomic mass is 9.94. The molecule has 0 N–H and O–H groups in total. The lowest BCUT2D eigenvalue weighted by Gasteiger charge is -2.14. The normalized spacial score (nSPS) is 11.9. The third-order valence-corrected chi connectivity index (χ3v) is 24.9. The lowest BCUT2D eigenvalue weighted by Crippen LogP contribution is -1.96. The van der Waals surface area contributed by atoms with E-state index in [1.165, 1.54) is 213 Å². The highest BCUT2D eigenvalue weighted by Gasteiger charge is 2.23. The predicted molar refractivity (Wildman–Crippen MR) is 502 cm³/mol. The zero-order valence-corrected chi connectivity index (χ0v) is 64.4. The first-order valence-electron chi connectivity index (χ1n) is 40.8. The molecule has 0 aliphatic carbocycles. The van der Waals surface area contributed by atoms with Gasteiger partial charge in [-0.3, -0.25) is 0 Å². The van der Waals surface area contributed by atoms with Crippen molar-refractivity contribution >= 4 is 152 Å². The van der Waals surface area contributed by atoms with E-state index in [9.17, 15) is 0 Å². The fraction of sp³-hybridized carbons (Fsp3) is 0. The maximum atomic E-state index is 2.45. The van der Waals surface area contributed by atoms with E-state index in [1.54, 1.807) is 0 Å². The summed E-state index contributed by atoms with van der Waals surface area (Å²) in [6.07, 6.45) is 0. The molecule has 118 heavy (non-hydrogen) atoms. The van der Waals surface area contributed by atoms with Crippen LogP contribution in [0.3, 0.4) is 0 Å². The highest BCUT2D eigenvalue weighted by Crippen LogP contribution is 2.46. The van der Waals surface area contributed by atoms with Crippen molar-refractivity contribution in [1.29, 1.82) is 0 Å². The molecule has 4 nitrogen and oxygen atoms in total. The fourth-order valence-corrected chi connectivity index (χ4v) is 19.6. The van der Waals surface area contributed by atoms with E-state index in [2.05, 4.69) is 455 Å². The number of fused-ring (bicyclic) bond motifs is 24. The number of hydrogen-bond donors (Lipinski definition) is 0. The molecule has 4 aromatic heterocycles. The molecular formula is C114H72N4. The molecule has 0 spiro atoms. The van der Waals surface area contributed by atoms with Gasteiger partial charge in [0.15, 0.2) is 0 Å². The molecular weight excluding hydrogens is 1430 g/mol. The number of para-hydroxylation sites is 4. The number of benzene rings is 21. The Morgan fingerprint density at radius 2 is 0.314 bits per heavy atom. The minimum Gasteiger partial charge on any atom is -0.309 e. The maximum Gasteiger partial charge on any atom is 0.0541 e. The van der Waals surface area contributed by atoms with E-state index < -0.39 is 0 Å². The molecule has 0 radical (unpaired) electrons. The summed E-state index contributed by atoms with van der Waals surface area (Å²) in [5, 5.41) is 25.4. The molecule has 25 aromatic rings. The Bertz CT molecular complexity index is 8300. The molecule has 548 valence electrons. The van der Waals surface area contributed by atoms with Crippen molar-refractivity contribution in [3.63, 3.8) is 0 Å². The van der Waals surface area contributed by atoms with Crippen LogP contribution in [0.15, 0.2) is 437 Å². The van der Waals surface area contributed by atoms with E-state index in [4.69, 9.17) is 0 Å². The Hall–Kier alpha value is -15.6. The monoisotopic (exact) mass is 1500 g/mol. The largest absolute Gasteiger partial charge is 0.309 e. The van der Waals surface area contributed by atoms with Crippen LogP contribution in [0, 0.1) is 0 Å². The maximum absolute atomic E-state index is 2.45. The van der Waals surface area contributed by atoms with E-state index >= 15 is 0 Å². The summed E-state index contributed by atoms with van der Waals surface area (Å²) in [7, 11) is 0. The molecule has 0 aliphatic heterocycles. The summed E-state index contributed by atoms with van der Waals surface area (Å²) in [6.45, 7) is 0. The number of aromatic nitrogens is 4. The molecule has 0 aliphatic rings. The van der Waals surface area contributed by atoms with Crippen molar-refractivity contribution in [1.82, 2.24) is 18.3 Å². The van der Waals surface area contributed by atoms with Crippen LogP contribution in [0.1, 0.15) is 0 Å². The van der Waals surface area contributed by atoms with Crippen LogP contribution in [0.4, 0.5) is 0 Å². The molecule has 0 bridgehead atoms. The molecule has 0 atom stereocenters. The molecule has 0 fully saturated rings. The Kier molecular flexibility index (Phi) is 15.3. The second-order valence-corrected chi connectivity index (χ2v) is 31.4. The number of rotatable bonds is 9. The molecule has 4 heterocycles. The second-order valence-electron chi connectivity index (χ2n) is 31.4. The van der Waals surface area contributed by atoms with Crippen LogP contribution in [0.5, 0.6) is 0 Å². The van der Waals surface area contributed by atoms with Gasteiger partial charge in [0, 0.05) is 65.8 Å². The molecule has 0 amide bonds. The van der Waals surface area contributed by atoms with Gasteiger partial charge < -0.3 is 18.3 Å². The minimum atomic E-state index is 1.15. The molecule has 0 saturated heterocycles. The summed E-state index contributed by atoms with van der Waals surface area (Å²) in [4.78, 5) is 0. The highest BCUT2D eigenvalue weighted by molar-refractivity contribution is 6.28. The van der Waals surface area contributed by atoms with Crippen LogP contribution in [-0.2, 0) is 0 Å². The minimum absolute atomic E-state index is 1.15. The summed E-state index contributed by atoms with van der Waals surface area (Å²) >= 11 is 0. The van der Waals surface area contributed by atoms with Gasteiger partial charge in [-0.15, -0.1) is 0 Å². The molecule has 21 aromatic carbocycles. The van der Waals surface area contributed by atoms with Crippen LogP contribution in [0.2, 0.25) is 0 Å². The van der Waals surface area contributed by atoms with Crippen molar-refractivity contribution in [3.05, 3.63) is 437 Å². The molecule has 4 heteroatoms. The van der Waals surface area contributed by atoms with Crippen molar-refractivity contribution in [2.45, 2.75) is 0 Å². The Morgan fingerprint density at radius 1 is 0.0932 bits per heavy atom. The SMILES string of the molecule is c1ccc(-c2cc(-c3ccccc3)cc(-n3c4ccccc4c4cc(-c5ccc6c(c5)c5ccccc5n6-c5ccc6c7ccccc7c7ccccc7c6c5)ccc43)c2)cc1.c1ccc(-c2cccc(-n3c4ccccc4c4cc(-c5ccc6c(c5)c5ccccc5n6-c5ccc6c7ccccc7c7ccccc7c6c5)ccc43)c2)cc1. The van der Waals surface area contributed by atoms with Gasteiger partial charge in [0.25, 0.3) is 0 Å². The van der Waals surface area contributed by atoms with E-state index in [1.807, 2.05) is 0 Å². The highest BCUT2D eigenvalue weighted by atomic mass is 15.0. The van der Waals surface area contributed by atoms with Gasteiger partial charge in [-0.1, -0.05) is 309 Å². The molecule has 25 rings (SSSR count). The van der Waals surface area contributed by atoms with Crippen LogP contribution < -0.4 is 0 Å².